The van der Waals surface area contributed by atoms with E-state index >= 15 is 0 Å². The highest BCUT2D eigenvalue weighted by Gasteiger charge is 2.21. The average Bonchev–Trinajstić information content (AvgIpc) is 2.30. The number of nitrogens with one attached hydrogen (secondary N) is 2. The molecular weight excluding hydrogens is 254 g/mol. The predicted molar refractivity (Wildman–Crippen MR) is 69.8 cm³/mol. The maximum Gasteiger partial charge on any atom is 0.256 e. The van der Waals surface area contributed by atoms with Crippen LogP contribution < -0.4 is 10.0 Å². The van der Waals surface area contributed by atoms with Gasteiger partial charge in [0.25, 0.3) is 5.95 Å². The van der Waals surface area contributed by atoms with Crippen molar-refractivity contribution in [1.29, 1.82) is 0 Å². The summed E-state index contributed by atoms with van der Waals surface area (Å²) in [5.74, 6) is 0.0152. The van der Waals surface area contributed by atoms with Crippen LogP contribution in [0.15, 0.2) is 0 Å². The van der Waals surface area contributed by atoms with Gasteiger partial charge < -0.3 is 5.32 Å². The van der Waals surface area contributed by atoms with Gasteiger partial charge in [0.2, 0.25) is 10.0 Å². The Morgan fingerprint density at radius 2 is 1.89 bits per heavy atom. The lowest BCUT2D eigenvalue weighted by molar-refractivity contribution is 0.579. The number of aryl methyl sites for hydroxylation is 2. The molecule has 8 heteroatoms. The van der Waals surface area contributed by atoms with E-state index in [0.717, 1.165) is 6.54 Å². The number of aromatic nitrogens is 3. The summed E-state index contributed by atoms with van der Waals surface area (Å²) >= 11 is 0. The molecule has 2 N–H and O–H groups in total. The topological polar surface area (TPSA) is 96.9 Å². The Hall–Kier alpha value is -1.28. The van der Waals surface area contributed by atoms with Gasteiger partial charge in [0.15, 0.2) is 0 Å². The number of sulfonamides is 1. The summed E-state index contributed by atoms with van der Waals surface area (Å²) in [7, 11) is -3.49. The fourth-order valence-corrected chi connectivity index (χ4v) is 2.06. The first-order chi connectivity index (χ1) is 8.36. The van der Waals surface area contributed by atoms with Gasteiger partial charge in [-0.3, -0.25) is 0 Å². The Morgan fingerprint density at radius 1 is 1.22 bits per heavy atom. The second kappa shape index (κ2) is 6.05. The molecular formula is C10H19N5O2S. The van der Waals surface area contributed by atoms with Crippen molar-refractivity contribution in [2.45, 2.75) is 32.9 Å². The largest absolute Gasteiger partial charge is 0.316 e. The highest BCUT2D eigenvalue weighted by molar-refractivity contribution is 7.93. The summed E-state index contributed by atoms with van der Waals surface area (Å²) in [5.41, 5.74) is 1.33. The molecule has 1 unspecified atom stereocenters. The van der Waals surface area contributed by atoms with Crippen molar-refractivity contribution >= 4 is 16.0 Å². The average molecular weight is 273 g/mol. The van der Waals surface area contributed by atoms with Gasteiger partial charge in [-0.2, -0.15) is 5.10 Å². The molecule has 0 aliphatic carbocycles. The zero-order chi connectivity index (χ0) is 13.8. The molecule has 0 saturated carbocycles. The second-order valence-corrected chi connectivity index (χ2v) is 6.17. The van der Waals surface area contributed by atoms with Crippen LogP contribution in [0.4, 0.5) is 5.95 Å². The molecule has 0 aromatic carbocycles. The lowest BCUT2D eigenvalue weighted by Crippen LogP contribution is -2.35. The van der Waals surface area contributed by atoms with E-state index < -0.39 is 15.3 Å². The third-order valence-corrected chi connectivity index (χ3v) is 4.23. The normalized spacial score (nSPS) is 13.3. The van der Waals surface area contributed by atoms with E-state index in [0.29, 0.717) is 17.9 Å². The Kier molecular flexibility index (Phi) is 4.97. The van der Waals surface area contributed by atoms with E-state index in [2.05, 4.69) is 25.2 Å². The van der Waals surface area contributed by atoms with E-state index in [1.165, 1.54) is 0 Å². The van der Waals surface area contributed by atoms with Crippen molar-refractivity contribution in [2.75, 3.05) is 17.8 Å². The summed E-state index contributed by atoms with van der Waals surface area (Å²) in [4.78, 5) is 4.04. The van der Waals surface area contributed by atoms with Crippen LogP contribution in [0.1, 0.15) is 25.2 Å². The third-order valence-electron chi connectivity index (χ3n) is 2.54. The van der Waals surface area contributed by atoms with Crippen molar-refractivity contribution in [3.8, 4) is 0 Å². The van der Waals surface area contributed by atoms with Crippen molar-refractivity contribution in [1.82, 2.24) is 20.5 Å². The minimum atomic E-state index is -3.49. The summed E-state index contributed by atoms with van der Waals surface area (Å²) in [6.45, 7) is 8.17. The molecule has 0 saturated heterocycles. The molecule has 7 nitrogen and oxygen atoms in total. The van der Waals surface area contributed by atoms with E-state index in [1.54, 1.807) is 20.8 Å². The predicted octanol–water partition coefficient (Wildman–Crippen LogP) is 0.228. The first-order valence-electron chi connectivity index (χ1n) is 5.77. The fraction of sp³-hybridized carbons (Fsp3) is 0.700. The maximum atomic E-state index is 11.9. The number of hydrogen-bond acceptors (Lipinski definition) is 6. The molecule has 1 heterocycles. The number of hydrogen-bond donors (Lipinski definition) is 2. The molecule has 0 amide bonds. The molecule has 0 radical (unpaired) electrons. The third kappa shape index (κ3) is 3.88. The van der Waals surface area contributed by atoms with Gasteiger partial charge in [-0.25, -0.2) is 18.1 Å². The molecule has 1 rings (SSSR count). The first kappa shape index (κ1) is 14.8. The van der Waals surface area contributed by atoms with Gasteiger partial charge in [0, 0.05) is 6.54 Å². The molecule has 102 valence electrons. The molecule has 18 heavy (non-hydrogen) atoms. The maximum absolute atomic E-state index is 11.9. The fourth-order valence-electron chi connectivity index (χ4n) is 1.19. The van der Waals surface area contributed by atoms with Crippen LogP contribution in [0.5, 0.6) is 0 Å². The number of rotatable bonds is 6. The van der Waals surface area contributed by atoms with Gasteiger partial charge in [-0.1, -0.05) is 6.92 Å². The summed E-state index contributed by atoms with van der Waals surface area (Å²) in [6, 6.07) is 0. The standard InChI is InChI=1S/C10H19N5O2S/c1-5-11-6-7(2)18(16,17)15-10-12-8(3)9(4)13-14-10/h7,11H,5-6H2,1-4H3,(H,12,14,15). The molecule has 1 atom stereocenters. The second-order valence-electron chi connectivity index (χ2n) is 4.07. The number of anilines is 1. The van der Waals surface area contributed by atoms with Crippen molar-refractivity contribution < 1.29 is 8.42 Å². The lowest BCUT2D eigenvalue weighted by Gasteiger charge is -2.13. The zero-order valence-corrected chi connectivity index (χ0v) is 11.9. The lowest BCUT2D eigenvalue weighted by atomic mass is 10.4. The molecule has 0 bridgehead atoms. The Morgan fingerprint density at radius 3 is 2.44 bits per heavy atom. The molecule has 0 aliphatic rings. The van der Waals surface area contributed by atoms with Crippen LogP contribution in [-0.2, 0) is 10.0 Å². The van der Waals surface area contributed by atoms with Crippen LogP contribution >= 0.6 is 0 Å². The Balaban J connectivity index is 2.78. The van der Waals surface area contributed by atoms with E-state index in [-0.39, 0.29) is 5.95 Å². The van der Waals surface area contributed by atoms with Crippen LogP contribution in [0.25, 0.3) is 0 Å². The molecule has 0 aliphatic heterocycles. The molecule has 1 aromatic rings. The van der Waals surface area contributed by atoms with Crippen LogP contribution in [0.3, 0.4) is 0 Å². The van der Waals surface area contributed by atoms with Crippen molar-refractivity contribution in [3.63, 3.8) is 0 Å². The molecule has 0 spiro atoms. The van der Waals surface area contributed by atoms with Gasteiger partial charge in [-0.05, 0) is 27.3 Å². The Labute approximate surface area is 107 Å². The zero-order valence-electron chi connectivity index (χ0n) is 11.1. The summed E-state index contributed by atoms with van der Waals surface area (Å²) in [6.07, 6.45) is 0. The van der Waals surface area contributed by atoms with Crippen LogP contribution in [0, 0.1) is 13.8 Å². The minimum Gasteiger partial charge on any atom is -0.316 e. The Bertz CT molecular complexity index is 503. The van der Waals surface area contributed by atoms with E-state index in [4.69, 9.17) is 0 Å². The van der Waals surface area contributed by atoms with E-state index in [9.17, 15) is 8.42 Å². The first-order valence-corrected chi connectivity index (χ1v) is 7.31. The van der Waals surface area contributed by atoms with Crippen LogP contribution in [0.2, 0.25) is 0 Å². The van der Waals surface area contributed by atoms with Crippen LogP contribution in [-0.4, -0.2) is 41.9 Å². The van der Waals surface area contributed by atoms with Gasteiger partial charge >= 0.3 is 0 Å². The molecule has 1 aromatic heterocycles. The van der Waals surface area contributed by atoms with Gasteiger partial charge in [0.05, 0.1) is 16.6 Å². The summed E-state index contributed by atoms with van der Waals surface area (Å²) in [5, 5.41) is 9.96. The van der Waals surface area contributed by atoms with Gasteiger partial charge in [-0.15, -0.1) is 5.10 Å². The monoisotopic (exact) mass is 273 g/mol. The highest BCUT2D eigenvalue weighted by atomic mass is 32.2. The summed E-state index contributed by atoms with van der Waals surface area (Å²) < 4.78 is 26.2. The van der Waals surface area contributed by atoms with E-state index in [1.807, 2.05) is 6.92 Å². The minimum absolute atomic E-state index is 0.0152. The van der Waals surface area contributed by atoms with Crippen molar-refractivity contribution in [2.24, 2.45) is 0 Å². The van der Waals surface area contributed by atoms with Crippen molar-refractivity contribution in [3.05, 3.63) is 11.4 Å². The molecule has 0 fully saturated rings. The quantitative estimate of drug-likeness (QED) is 0.770. The number of nitrogens with zero attached hydrogens (tertiary/aromatic N) is 3. The highest BCUT2D eigenvalue weighted by Crippen LogP contribution is 2.07. The smallest absolute Gasteiger partial charge is 0.256 e. The SMILES string of the molecule is CCNCC(C)S(=O)(=O)Nc1nnc(C)c(C)n1. The van der Waals surface area contributed by atoms with Gasteiger partial charge in [0.1, 0.15) is 0 Å².